The van der Waals surface area contributed by atoms with Gasteiger partial charge in [0, 0.05) is 25.0 Å². The molecule has 2 rings (SSSR count). The number of alkyl halides is 3. The maximum absolute atomic E-state index is 12.0. The lowest BCUT2D eigenvalue weighted by Gasteiger charge is -2.14. The summed E-state index contributed by atoms with van der Waals surface area (Å²) in [6.07, 6.45) is -1.22. The van der Waals surface area contributed by atoms with Crippen molar-refractivity contribution >= 4 is 0 Å². The van der Waals surface area contributed by atoms with Gasteiger partial charge in [-0.2, -0.15) is 0 Å². The van der Waals surface area contributed by atoms with Crippen LogP contribution < -0.4 is 10.1 Å². The molecule has 0 amide bonds. The fraction of sp³-hybridized carbons (Fsp3) is 0.267. The highest BCUT2D eigenvalue weighted by Gasteiger charge is 2.30. The van der Waals surface area contributed by atoms with E-state index < -0.39 is 6.36 Å². The predicted octanol–water partition coefficient (Wildman–Crippen LogP) is 3.83. The standard InChI is InChI=1S/C15H15F3N2O/c1-11(13-6-8-19-9-7-13)20-10-12-2-4-14(5-3-12)21-15(16,17)18/h2-9,11,20H,10H2,1H3. The summed E-state index contributed by atoms with van der Waals surface area (Å²) in [7, 11) is 0. The normalized spacial score (nSPS) is 13.0. The minimum Gasteiger partial charge on any atom is -0.406 e. The van der Waals surface area contributed by atoms with Gasteiger partial charge in [0.25, 0.3) is 0 Å². The molecule has 2 aromatic rings. The number of ether oxygens (including phenoxy) is 1. The smallest absolute Gasteiger partial charge is 0.406 e. The van der Waals surface area contributed by atoms with E-state index in [1.807, 2.05) is 19.1 Å². The molecule has 1 aromatic carbocycles. The molecule has 0 saturated heterocycles. The summed E-state index contributed by atoms with van der Waals surface area (Å²) in [5.41, 5.74) is 1.98. The van der Waals surface area contributed by atoms with Crippen molar-refractivity contribution in [1.82, 2.24) is 10.3 Å². The molecule has 1 unspecified atom stereocenters. The summed E-state index contributed by atoms with van der Waals surface area (Å²) in [5.74, 6) is -0.214. The molecule has 0 spiro atoms. The van der Waals surface area contributed by atoms with Gasteiger partial charge in [-0.3, -0.25) is 4.98 Å². The highest BCUT2D eigenvalue weighted by atomic mass is 19.4. The third-order valence-electron chi connectivity index (χ3n) is 2.98. The van der Waals surface area contributed by atoms with Crippen LogP contribution in [-0.4, -0.2) is 11.3 Å². The van der Waals surface area contributed by atoms with Gasteiger partial charge in [-0.15, -0.1) is 13.2 Å². The number of hydrogen-bond donors (Lipinski definition) is 1. The number of rotatable bonds is 5. The Kier molecular flexibility index (Phi) is 4.80. The molecule has 0 bridgehead atoms. The van der Waals surface area contributed by atoms with Crippen molar-refractivity contribution in [2.75, 3.05) is 0 Å². The van der Waals surface area contributed by atoms with Gasteiger partial charge in [-0.25, -0.2) is 0 Å². The summed E-state index contributed by atoms with van der Waals surface area (Å²) in [4.78, 5) is 3.95. The minimum absolute atomic E-state index is 0.124. The van der Waals surface area contributed by atoms with E-state index in [2.05, 4.69) is 15.0 Å². The Morgan fingerprint density at radius 3 is 2.29 bits per heavy atom. The Labute approximate surface area is 120 Å². The van der Waals surface area contributed by atoms with E-state index >= 15 is 0 Å². The summed E-state index contributed by atoms with van der Waals surface area (Å²) < 4.78 is 40.0. The van der Waals surface area contributed by atoms with Crippen LogP contribution in [0, 0.1) is 0 Å². The monoisotopic (exact) mass is 296 g/mol. The van der Waals surface area contributed by atoms with Gasteiger partial charge in [0.2, 0.25) is 0 Å². The average molecular weight is 296 g/mol. The summed E-state index contributed by atoms with van der Waals surface area (Å²) in [6.45, 7) is 2.56. The fourth-order valence-corrected chi connectivity index (χ4v) is 1.85. The van der Waals surface area contributed by atoms with Gasteiger partial charge in [0.1, 0.15) is 5.75 Å². The number of pyridine rings is 1. The molecular weight excluding hydrogens is 281 g/mol. The van der Waals surface area contributed by atoms with Crippen molar-refractivity contribution in [3.63, 3.8) is 0 Å². The highest BCUT2D eigenvalue weighted by molar-refractivity contribution is 5.27. The van der Waals surface area contributed by atoms with Gasteiger partial charge in [-0.1, -0.05) is 12.1 Å². The Bertz CT molecular complexity index is 555. The van der Waals surface area contributed by atoms with Crippen LogP contribution >= 0.6 is 0 Å². The number of benzene rings is 1. The van der Waals surface area contributed by atoms with E-state index in [0.717, 1.165) is 11.1 Å². The lowest BCUT2D eigenvalue weighted by Crippen LogP contribution is -2.18. The van der Waals surface area contributed by atoms with Crippen LogP contribution in [-0.2, 0) is 6.54 Å². The Balaban J connectivity index is 1.89. The van der Waals surface area contributed by atoms with Crippen LogP contribution in [0.25, 0.3) is 0 Å². The lowest BCUT2D eigenvalue weighted by atomic mass is 10.1. The second-order valence-corrected chi connectivity index (χ2v) is 4.57. The first kappa shape index (κ1) is 15.3. The molecule has 1 aromatic heterocycles. The van der Waals surface area contributed by atoms with Crippen molar-refractivity contribution in [3.05, 3.63) is 59.9 Å². The van der Waals surface area contributed by atoms with Crippen LogP contribution in [0.4, 0.5) is 13.2 Å². The van der Waals surface area contributed by atoms with Crippen LogP contribution in [0.2, 0.25) is 0 Å². The number of aromatic nitrogens is 1. The van der Waals surface area contributed by atoms with Gasteiger partial charge in [-0.05, 0) is 42.3 Å². The molecule has 112 valence electrons. The average Bonchev–Trinajstić information content (AvgIpc) is 2.45. The van der Waals surface area contributed by atoms with Gasteiger partial charge in [0.15, 0.2) is 0 Å². The number of hydrogen-bond acceptors (Lipinski definition) is 3. The molecular formula is C15H15F3N2O. The van der Waals surface area contributed by atoms with Crippen LogP contribution in [0.3, 0.4) is 0 Å². The predicted molar refractivity (Wildman–Crippen MR) is 72.6 cm³/mol. The van der Waals surface area contributed by atoms with Crippen molar-refractivity contribution < 1.29 is 17.9 Å². The molecule has 21 heavy (non-hydrogen) atoms. The third-order valence-corrected chi connectivity index (χ3v) is 2.98. The molecule has 6 heteroatoms. The first-order chi connectivity index (χ1) is 9.94. The summed E-state index contributed by atoms with van der Waals surface area (Å²) >= 11 is 0. The van der Waals surface area contributed by atoms with Crippen LogP contribution in [0.5, 0.6) is 5.75 Å². The molecule has 1 heterocycles. The van der Waals surface area contributed by atoms with Crippen LogP contribution in [0.15, 0.2) is 48.8 Å². The van der Waals surface area contributed by atoms with E-state index in [-0.39, 0.29) is 11.8 Å². The van der Waals surface area contributed by atoms with E-state index in [1.165, 1.54) is 12.1 Å². The molecule has 0 aliphatic rings. The first-order valence-corrected chi connectivity index (χ1v) is 6.42. The lowest BCUT2D eigenvalue weighted by molar-refractivity contribution is -0.274. The van der Waals surface area contributed by atoms with E-state index in [9.17, 15) is 13.2 Å². The minimum atomic E-state index is -4.66. The SMILES string of the molecule is CC(NCc1ccc(OC(F)(F)F)cc1)c1ccncc1. The van der Waals surface area contributed by atoms with Crippen molar-refractivity contribution in [2.24, 2.45) is 0 Å². The molecule has 3 nitrogen and oxygen atoms in total. The molecule has 0 aliphatic heterocycles. The fourth-order valence-electron chi connectivity index (χ4n) is 1.85. The Hall–Kier alpha value is -2.08. The van der Waals surface area contributed by atoms with Crippen molar-refractivity contribution in [1.29, 1.82) is 0 Å². The van der Waals surface area contributed by atoms with E-state index in [0.29, 0.717) is 6.54 Å². The zero-order valence-corrected chi connectivity index (χ0v) is 11.4. The molecule has 0 saturated carbocycles. The molecule has 0 fully saturated rings. The third kappa shape index (κ3) is 5.07. The Morgan fingerprint density at radius 2 is 1.71 bits per heavy atom. The number of halogens is 3. The summed E-state index contributed by atoms with van der Waals surface area (Å²) in [6, 6.07) is 9.78. The molecule has 1 N–H and O–H groups in total. The maximum Gasteiger partial charge on any atom is 0.573 e. The van der Waals surface area contributed by atoms with Gasteiger partial charge in [0.05, 0.1) is 0 Å². The molecule has 0 radical (unpaired) electrons. The highest BCUT2D eigenvalue weighted by Crippen LogP contribution is 2.22. The molecule has 1 atom stereocenters. The van der Waals surface area contributed by atoms with E-state index in [4.69, 9.17) is 0 Å². The van der Waals surface area contributed by atoms with E-state index in [1.54, 1.807) is 24.5 Å². The number of nitrogens with one attached hydrogen (secondary N) is 1. The van der Waals surface area contributed by atoms with Crippen molar-refractivity contribution in [2.45, 2.75) is 25.9 Å². The van der Waals surface area contributed by atoms with Crippen LogP contribution in [0.1, 0.15) is 24.1 Å². The zero-order chi connectivity index (χ0) is 15.3. The second-order valence-electron chi connectivity index (χ2n) is 4.57. The first-order valence-electron chi connectivity index (χ1n) is 6.42. The zero-order valence-electron chi connectivity index (χ0n) is 11.4. The quantitative estimate of drug-likeness (QED) is 0.910. The van der Waals surface area contributed by atoms with Gasteiger partial charge < -0.3 is 10.1 Å². The molecule has 0 aliphatic carbocycles. The maximum atomic E-state index is 12.0. The Morgan fingerprint density at radius 1 is 1.10 bits per heavy atom. The van der Waals surface area contributed by atoms with Crippen molar-refractivity contribution in [3.8, 4) is 5.75 Å². The largest absolute Gasteiger partial charge is 0.573 e. The van der Waals surface area contributed by atoms with Gasteiger partial charge >= 0.3 is 6.36 Å². The second kappa shape index (κ2) is 6.58. The number of nitrogens with zero attached hydrogens (tertiary/aromatic N) is 1. The summed E-state index contributed by atoms with van der Waals surface area (Å²) in [5, 5.41) is 3.29. The topological polar surface area (TPSA) is 34.1 Å².